The van der Waals surface area contributed by atoms with Crippen molar-refractivity contribution in [3.63, 3.8) is 0 Å². The van der Waals surface area contributed by atoms with E-state index in [1.165, 1.54) is 36.9 Å². The van der Waals surface area contributed by atoms with Crippen molar-refractivity contribution < 1.29 is 0 Å². The van der Waals surface area contributed by atoms with E-state index in [4.69, 9.17) is 0 Å². The second kappa shape index (κ2) is 4.46. The van der Waals surface area contributed by atoms with E-state index in [0.717, 1.165) is 17.8 Å². The van der Waals surface area contributed by atoms with Crippen molar-refractivity contribution in [2.75, 3.05) is 13.1 Å². The van der Waals surface area contributed by atoms with Gasteiger partial charge in [-0.2, -0.15) is 0 Å². The number of hydrogen-bond donors (Lipinski definition) is 0. The molecule has 0 unspecified atom stereocenters. The van der Waals surface area contributed by atoms with E-state index in [1.54, 1.807) is 0 Å². The number of likely N-dealkylation sites (tertiary alicyclic amines) is 1. The topological polar surface area (TPSA) is 16.1 Å². The number of aryl methyl sites for hydroxylation is 1. The van der Waals surface area contributed by atoms with Crippen molar-refractivity contribution >= 4 is 10.9 Å². The van der Waals surface area contributed by atoms with Crippen molar-refractivity contribution in [2.24, 2.45) is 0 Å². The molecule has 0 bridgehead atoms. The molecule has 3 rings (SSSR count). The van der Waals surface area contributed by atoms with E-state index in [2.05, 4.69) is 40.2 Å². The van der Waals surface area contributed by atoms with Crippen LogP contribution in [0.5, 0.6) is 0 Å². The summed E-state index contributed by atoms with van der Waals surface area (Å²) in [5, 5.41) is 1.26. The summed E-state index contributed by atoms with van der Waals surface area (Å²) >= 11 is 0. The molecule has 0 spiro atoms. The zero-order valence-electron chi connectivity index (χ0n) is 10.3. The van der Waals surface area contributed by atoms with Gasteiger partial charge in [0.25, 0.3) is 0 Å². The molecule has 0 saturated carbocycles. The molecule has 0 radical (unpaired) electrons. The summed E-state index contributed by atoms with van der Waals surface area (Å²) in [5.41, 5.74) is 3.60. The highest BCUT2D eigenvalue weighted by molar-refractivity contribution is 5.79. The minimum absolute atomic E-state index is 1.09. The van der Waals surface area contributed by atoms with Gasteiger partial charge < -0.3 is 0 Å². The van der Waals surface area contributed by atoms with Gasteiger partial charge in [-0.05, 0) is 56.6 Å². The summed E-state index contributed by atoms with van der Waals surface area (Å²) in [7, 11) is 0. The first-order chi connectivity index (χ1) is 8.31. The van der Waals surface area contributed by atoms with Crippen LogP contribution in [-0.4, -0.2) is 23.0 Å². The van der Waals surface area contributed by atoms with Gasteiger partial charge in [0.15, 0.2) is 0 Å². The summed E-state index contributed by atoms with van der Waals surface area (Å²) < 4.78 is 0. The lowest BCUT2D eigenvalue weighted by Crippen LogP contribution is -2.18. The van der Waals surface area contributed by atoms with Crippen molar-refractivity contribution in [3.8, 4) is 0 Å². The number of nitrogens with zero attached hydrogens (tertiary/aromatic N) is 2. The molecule has 2 heteroatoms. The van der Waals surface area contributed by atoms with E-state index >= 15 is 0 Å². The van der Waals surface area contributed by atoms with Crippen molar-refractivity contribution in [1.29, 1.82) is 0 Å². The Labute approximate surface area is 102 Å². The molecule has 17 heavy (non-hydrogen) atoms. The van der Waals surface area contributed by atoms with Gasteiger partial charge >= 0.3 is 0 Å². The average Bonchev–Trinajstić information content (AvgIpc) is 2.82. The highest BCUT2D eigenvalue weighted by Crippen LogP contribution is 2.18. The van der Waals surface area contributed by atoms with E-state index in [-0.39, 0.29) is 0 Å². The molecule has 88 valence electrons. The number of hydrogen-bond acceptors (Lipinski definition) is 2. The number of rotatable bonds is 2. The normalized spacial score (nSPS) is 16.8. The SMILES string of the molecule is Cc1ccc2cc(CN3CCCC3)ccc2n1. The summed E-state index contributed by atoms with van der Waals surface area (Å²) in [4.78, 5) is 7.07. The third-order valence-corrected chi connectivity index (χ3v) is 3.50. The fraction of sp³-hybridized carbons (Fsp3) is 0.400. The standard InChI is InChI=1S/C15H18N2/c1-12-4-6-14-10-13(5-7-15(14)16-12)11-17-8-2-3-9-17/h4-7,10H,2-3,8-9,11H2,1H3. The predicted octanol–water partition coefficient (Wildman–Crippen LogP) is 3.14. The highest BCUT2D eigenvalue weighted by atomic mass is 15.1. The summed E-state index contributed by atoms with van der Waals surface area (Å²) in [6.45, 7) is 5.63. The van der Waals surface area contributed by atoms with Crippen LogP contribution in [0, 0.1) is 6.92 Å². The first kappa shape index (κ1) is 10.7. The van der Waals surface area contributed by atoms with Crippen LogP contribution in [0.25, 0.3) is 10.9 Å². The molecule has 1 fully saturated rings. The number of aromatic nitrogens is 1. The Morgan fingerprint density at radius 1 is 1.12 bits per heavy atom. The summed E-state index contributed by atoms with van der Waals surface area (Å²) in [5.74, 6) is 0. The molecule has 0 aliphatic carbocycles. The second-order valence-electron chi connectivity index (χ2n) is 4.96. The van der Waals surface area contributed by atoms with Gasteiger partial charge in [0.05, 0.1) is 5.52 Å². The molecule has 2 heterocycles. The van der Waals surface area contributed by atoms with Crippen LogP contribution in [-0.2, 0) is 6.54 Å². The zero-order valence-corrected chi connectivity index (χ0v) is 10.3. The van der Waals surface area contributed by atoms with Crippen LogP contribution >= 0.6 is 0 Å². The van der Waals surface area contributed by atoms with Crippen LogP contribution in [0.15, 0.2) is 30.3 Å². The quantitative estimate of drug-likeness (QED) is 0.782. The Kier molecular flexibility index (Phi) is 2.81. The maximum Gasteiger partial charge on any atom is 0.0705 e. The second-order valence-corrected chi connectivity index (χ2v) is 4.96. The van der Waals surface area contributed by atoms with Crippen LogP contribution < -0.4 is 0 Å². The van der Waals surface area contributed by atoms with Crippen LogP contribution in [0.1, 0.15) is 24.1 Å². The summed E-state index contributed by atoms with van der Waals surface area (Å²) in [6.07, 6.45) is 2.71. The van der Waals surface area contributed by atoms with Crippen LogP contribution in [0.2, 0.25) is 0 Å². The molecule has 0 atom stereocenters. The maximum atomic E-state index is 4.53. The van der Waals surface area contributed by atoms with Gasteiger partial charge in [-0.1, -0.05) is 12.1 Å². The lowest BCUT2D eigenvalue weighted by Gasteiger charge is -2.14. The summed E-state index contributed by atoms with van der Waals surface area (Å²) in [6, 6.07) is 10.9. The maximum absolute atomic E-state index is 4.53. The van der Waals surface area contributed by atoms with Crippen LogP contribution in [0.4, 0.5) is 0 Å². The third-order valence-electron chi connectivity index (χ3n) is 3.50. The number of pyridine rings is 1. The fourth-order valence-electron chi connectivity index (χ4n) is 2.57. The molecule has 2 aromatic rings. The Morgan fingerprint density at radius 2 is 1.94 bits per heavy atom. The first-order valence-electron chi connectivity index (χ1n) is 6.40. The van der Waals surface area contributed by atoms with Crippen molar-refractivity contribution in [2.45, 2.75) is 26.3 Å². The van der Waals surface area contributed by atoms with E-state index in [0.29, 0.717) is 0 Å². The van der Waals surface area contributed by atoms with Crippen LogP contribution in [0.3, 0.4) is 0 Å². The monoisotopic (exact) mass is 226 g/mol. The fourth-order valence-corrected chi connectivity index (χ4v) is 2.57. The first-order valence-corrected chi connectivity index (χ1v) is 6.40. The van der Waals surface area contributed by atoms with Gasteiger partial charge in [-0.25, -0.2) is 0 Å². The predicted molar refractivity (Wildman–Crippen MR) is 71.0 cm³/mol. The van der Waals surface area contributed by atoms with E-state index < -0.39 is 0 Å². The van der Waals surface area contributed by atoms with Gasteiger partial charge in [-0.3, -0.25) is 9.88 Å². The van der Waals surface area contributed by atoms with Crippen molar-refractivity contribution in [1.82, 2.24) is 9.88 Å². The van der Waals surface area contributed by atoms with E-state index in [9.17, 15) is 0 Å². The van der Waals surface area contributed by atoms with Gasteiger partial charge in [0.2, 0.25) is 0 Å². The molecule has 1 aliphatic heterocycles. The van der Waals surface area contributed by atoms with Gasteiger partial charge in [-0.15, -0.1) is 0 Å². The van der Waals surface area contributed by atoms with Gasteiger partial charge in [0.1, 0.15) is 0 Å². The Hall–Kier alpha value is -1.41. The third kappa shape index (κ3) is 2.32. The Bertz CT molecular complexity index is 527. The van der Waals surface area contributed by atoms with Crippen molar-refractivity contribution in [3.05, 3.63) is 41.6 Å². The molecule has 1 aliphatic rings. The molecule has 2 nitrogen and oxygen atoms in total. The molecule has 1 aromatic heterocycles. The van der Waals surface area contributed by atoms with Gasteiger partial charge in [0, 0.05) is 17.6 Å². The molecule has 0 N–H and O–H groups in total. The molecular weight excluding hydrogens is 208 g/mol. The lowest BCUT2D eigenvalue weighted by atomic mass is 10.1. The molecule has 1 saturated heterocycles. The molecular formula is C15H18N2. The number of fused-ring (bicyclic) bond motifs is 1. The molecule has 0 amide bonds. The molecule has 1 aromatic carbocycles. The number of benzene rings is 1. The zero-order chi connectivity index (χ0) is 11.7. The minimum Gasteiger partial charge on any atom is -0.299 e. The van der Waals surface area contributed by atoms with E-state index in [1.807, 2.05) is 6.92 Å². The largest absolute Gasteiger partial charge is 0.299 e. The smallest absolute Gasteiger partial charge is 0.0705 e. The minimum atomic E-state index is 1.09. The highest BCUT2D eigenvalue weighted by Gasteiger charge is 2.11. The lowest BCUT2D eigenvalue weighted by molar-refractivity contribution is 0.331. The average molecular weight is 226 g/mol. The Balaban J connectivity index is 1.88. The Morgan fingerprint density at radius 3 is 2.76 bits per heavy atom.